The summed E-state index contributed by atoms with van der Waals surface area (Å²) >= 11 is 6.83. The predicted molar refractivity (Wildman–Crippen MR) is 58.3 cm³/mol. The van der Waals surface area contributed by atoms with E-state index in [1.807, 2.05) is 18.1 Å². The van der Waals surface area contributed by atoms with Gasteiger partial charge in [0, 0.05) is 11.9 Å². The van der Waals surface area contributed by atoms with E-state index in [9.17, 15) is 0 Å². The van der Waals surface area contributed by atoms with Crippen LogP contribution in [0.25, 0.3) is 0 Å². The van der Waals surface area contributed by atoms with E-state index in [1.165, 1.54) is 4.88 Å². The van der Waals surface area contributed by atoms with Gasteiger partial charge in [-0.2, -0.15) is 0 Å². The number of hydrogen-bond acceptors (Lipinski definition) is 3. The Morgan fingerprint density at radius 2 is 2.38 bits per heavy atom. The Hall–Kier alpha value is -0.650. The van der Waals surface area contributed by atoms with Crippen molar-refractivity contribution in [1.82, 2.24) is 15.8 Å². The molecule has 0 aromatic carbocycles. The van der Waals surface area contributed by atoms with Crippen LogP contribution in [-0.4, -0.2) is 17.2 Å². The molecule has 0 spiro atoms. The number of rotatable bonds is 1. The zero-order valence-corrected chi connectivity index (χ0v) is 9.13. The van der Waals surface area contributed by atoms with Gasteiger partial charge in [0.25, 0.3) is 0 Å². The number of nitrogens with zero attached hydrogens (tertiary/aromatic N) is 1. The van der Waals surface area contributed by atoms with Crippen molar-refractivity contribution < 1.29 is 0 Å². The molecule has 0 radical (unpaired) electrons. The number of thiophene rings is 1. The fraction of sp³-hybridized carbons (Fsp3) is 0.375. The summed E-state index contributed by atoms with van der Waals surface area (Å²) < 4.78 is 0. The number of nitrogens with one attached hydrogen (secondary N) is 2. The van der Waals surface area contributed by atoms with Crippen LogP contribution in [-0.2, 0) is 5.66 Å². The highest BCUT2D eigenvalue weighted by Gasteiger charge is 2.36. The predicted octanol–water partition coefficient (Wildman–Crippen LogP) is 1.25. The number of hydrogen-bond donors (Lipinski definition) is 2. The minimum absolute atomic E-state index is 0.236. The Morgan fingerprint density at radius 3 is 2.85 bits per heavy atom. The van der Waals surface area contributed by atoms with Crippen molar-refractivity contribution >= 4 is 28.7 Å². The molecule has 1 saturated heterocycles. The zero-order valence-electron chi connectivity index (χ0n) is 7.50. The van der Waals surface area contributed by atoms with Crippen LogP contribution in [0.4, 0.5) is 0 Å². The standard InChI is InChI=1S/C8H11N3S2/c1-8(6-4-3-5-13-6)9-7(12)11(2)10-8/h3-5,10H,1-2H3,(H,9,12)/t8-/m1/s1. The zero-order chi connectivity index (χ0) is 9.47. The fourth-order valence-corrected chi connectivity index (χ4v) is 2.43. The molecule has 0 saturated carbocycles. The van der Waals surface area contributed by atoms with Crippen molar-refractivity contribution in [3.8, 4) is 0 Å². The molecule has 1 aromatic heterocycles. The summed E-state index contributed by atoms with van der Waals surface area (Å²) in [5.74, 6) is 0. The third-order valence-corrected chi connectivity index (χ3v) is 3.53. The quantitative estimate of drug-likeness (QED) is 0.687. The maximum Gasteiger partial charge on any atom is 0.185 e. The largest absolute Gasteiger partial charge is 0.338 e. The van der Waals surface area contributed by atoms with Gasteiger partial charge in [0.1, 0.15) is 5.66 Å². The first-order chi connectivity index (χ1) is 6.12. The molecule has 5 heteroatoms. The fourth-order valence-electron chi connectivity index (χ4n) is 1.39. The van der Waals surface area contributed by atoms with Crippen molar-refractivity contribution in [3.63, 3.8) is 0 Å². The molecule has 1 fully saturated rings. The summed E-state index contributed by atoms with van der Waals surface area (Å²) in [6, 6.07) is 4.13. The lowest BCUT2D eigenvalue weighted by Crippen LogP contribution is -2.44. The van der Waals surface area contributed by atoms with E-state index in [2.05, 4.69) is 29.1 Å². The molecule has 2 heterocycles. The second-order valence-corrected chi connectivity index (χ2v) is 4.54. The molecule has 3 nitrogen and oxygen atoms in total. The van der Waals surface area contributed by atoms with Gasteiger partial charge >= 0.3 is 0 Å². The Morgan fingerprint density at radius 1 is 1.62 bits per heavy atom. The maximum absolute atomic E-state index is 5.12. The average Bonchev–Trinajstić information content (AvgIpc) is 2.61. The minimum atomic E-state index is -0.236. The van der Waals surface area contributed by atoms with Gasteiger partial charge in [0.2, 0.25) is 0 Å². The first kappa shape index (κ1) is 8.93. The molecular weight excluding hydrogens is 202 g/mol. The van der Waals surface area contributed by atoms with Gasteiger partial charge in [-0.15, -0.1) is 11.3 Å². The van der Waals surface area contributed by atoms with Crippen LogP contribution >= 0.6 is 23.6 Å². The van der Waals surface area contributed by atoms with Gasteiger partial charge in [-0.05, 0) is 30.6 Å². The molecule has 1 aliphatic heterocycles. The lowest BCUT2D eigenvalue weighted by molar-refractivity contribution is 0.271. The SMILES string of the molecule is CN1N[C@](C)(c2cccs2)NC1=S. The molecular formula is C8H11N3S2. The smallest absolute Gasteiger partial charge is 0.185 e. The summed E-state index contributed by atoms with van der Waals surface area (Å²) in [5, 5.41) is 7.86. The van der Waals surface area contributed by atoms with Crippen molar-refractivity contribution in [2.75, 3.05) is 7.05 Å². The second-order valence-electron chi connectivity index (χ2n) is 3.20. The van der Waals surface area contributed by atoms with E-state index in [0.717, 1.165) is 5.11 Å². The van der Waals surface area contributed by atoms with E-state index in [-0.39, 0.29) is 5.66 Å². The molecule has 0 aliphatic carbocycles. The summed E-state index contributed by atoms with van der Waals surface area (Å²) in [7, 11) is 1.91. The Kier molecular flexibility index (Phi) is 2.02. The highest BCUT2D eigenvalue weighted by molar-refractivity contribution is 7.80. The van der Waals surface area contributed by atoms with E-state index in [0.29, 0.717) is 0 Å². The molecule has 13 heavy (non-hydrogen) atoms. The molecule has 70 valence electrons. The van der Waals surface area contributed by atoms with Crippen LogP contribution in [0.3, 0.4) is 0 Å². The van der Waals surface area contributed by atoms with Crippen LogP contribution in [0, 0.1) is 0 Å². The lowest BCUT2D eigenvalue weighted by Gasteiger charge is -2.22. The third-order valence-electron chi connectivity index (χ3n) is 2.07. The topological polar surface area (TPSA) is 27.3 Å². The normalized spacial score (nSPS) is 27.8. The molecule has 1 atom stereocenters. The van der Waals surface area contributed by atoms with Gasteiger partial charge in [0.05, 0.1) is 0 Å². The monoisotopic (exact) mass is 213 g/mol. The molecule has 1 aromatic rings. The first-order valence-corrected chi connectivity index (χ1v) is 5.28. The van der Waals surface area contributed by atoms with E-state index in [4.69, 9.17) is 12.2 Å². The minimum Gasteiger partial charge on any atom is -0.338 e. The first-order valence-electron chi connectivity index (χ1n) is 3.99. The van der Waals surface area contributed by atoms with E-state index < -0.39 is 0 Å². The summed E-state index contributed by atoms with van der Waals surface area (Å²) in [4.78, 5) is 1.24. The number of hydrazine groups is 1. The third kappa shape index (κ3) is 1.43. The summed E-state index contributed by atoms with van der Waals surface area (Å²) in [6.07, 6.45) is 0. The molecule has 0 unspecified atom stereocenters. The molecule has 2 N–H and O–H groups in total. The van der Waals surface area contributed by atoms with E-state index in [1.54, 1.807) is 11.3 Å². The Balaban J connectivity index is 2.29. The van der Waals surface area contributed by atoms with Crippen LogP contribution in [0.15, 0.2) is 17.5 Å². The molecule has 1 aliphatic rings. The summed E-state index contributed by atoms with van der Waals surface area (Å²) in [6.45, 7) is 2.08. The highest BCUT2D eigenvalue weighted by Crippen LogP contribution is 2.25. The van der Waals surface area contributed by atoms with Gasteiger partial charge in [-0.25, -0.2) is 5.43 Å². The van der Waals surface area contributed by atoms with Gasteiger partial charge in [-0.1, -0.05) is 6.07 Å². The van der Waals surface area contributed by atoms with E-state index >= 15 is 0 Å². The van der Waals surface area contributed by atoms with Gasteiger partial charge in [-0.3, -0.25) is 5.01 Å². The van der Waals surface area contributed by atoms with Crippen LogP contribution in [0.2, 0.25) is 0 Å². The van der Waals surface area contributed by atoms with Crippen molar-refractivity contribution in [2.45, 2.75) is 12.6 Å². The molecule has 0 bridgehead atoms. The van der Waals surface area contributed by atoms with Crippen molar-refractivity contribution in [3.05, 3.63) is 22.4 Å². The summed E-state index contributed by atoms with van der Waals surface area (Å²) in [5.41, 5.74) is 3.04. The maximum atomic E-state index is 5.12. The lowest BCUT2D eigenvalue weighted by atomic mass is 10.2. The average molecular weight is 213 g/mol. The van der Waals surface area contributed by atoms with Gasteiger partial charge < -0.3 is 5.32 Å². The van der Waals surface area contributed by atoms with Crippen LogP contribution < -0.4 is 10.7 Å². The second kappa shape index (κ2) is 2.94. The molecule has 0 amide bonds. The van der Waals surface area contributed by atoms with Crippen molar-refractivity contribution in [2.24, 2.45) is 0 Å². The Labute approximate surface area is 86.7 Å². The molecule has 2 rings (SSSR count). The highest BCUT2D eigenvalue weighted by atomic mass is 32.1. The Bertz CT molecular complexity index is 322. The van der Waals surface area contributed by atoms with Gasteiger partial charge in [0.15, 0.2) is 5.11 Å². The van der Waals surface area contributed by atoms with Crippen molar-refractivity contribution in [1.29, 1.82) is 0 Å². The number of thiocarbonyl (C=S) groups is 1. The van der Waals surface area contributed by atoms with Crippen LogP contribution in [0.5, 0.6) is 0 Å². The van der Waals surface area contributed by atoms with Crippen LogP contribution in [0.1, 0.15) is 11.8 Å².